The number of aliphatic carboxylic acids is 1. The second-order valence-corrected chi connectivity index (χ2v) is 2.99. The van der Waals surface area contributed by atoms with E-state index in [-0.39, 0.29) is 12.2 Å². The van der Waals surface area contributed by atoms with Crippen molar-refractivity contribution in [3.05, 3.63) is 23.3 Å². The number of aryl methyl sites for hydroxylation is 1. The Kier molecular flexibility index (Phi) is 2.96. The number of carboxylic acids is 1. The van der Waals surface area contributed by atoms with Crippen LogP contribution in [0.3, 0.4) is 0 Å². The average molecular weight is 196 g/mol. The highest BCUT2D eigenvalue weighted by Crippen LogP contribution is 2.33. The van der Waals surface area contributed by atoms with Gasteiger partial charge in [-0.3, -0.25) is 4.79 Å². The molecule has 76 valence electrons. The van der Waals surface area contributed by atoms with Crippen molar-refractivity contribution in [2.75, 3.05) is 7.11 Å². The van der Waals surface area contributed by atoms with Crippen LogP contribution in [0.15, 0.2) is 12.1 Å². The number of aromatic hydroxyl groups is 1. The van der Waals surface area contributed by atoms with Crippen molar-refractivity contribution >= 4 is 5.97 Å². The first kappa shape index (κ1) is 10.4. The molecule has 0 radical (unpaired) electrons. The molecule has 0 spiro atoms. The molecule has 4 nitrogen and oxygen atoms in total. The van der Waals surface area contributed by atoms with Crippen molar-refractivity contribution in [1.29, 1.82) is 0 Å². The normalized spacial score (nSPS) is 9.86. The fourth-order valence-corrected chi connectivity index (χ4v) is 1.28. The number of carbonyl (C=O) groups is 1. The number of rotatable bonds is 3. The lowest BCUT2D eigenvalue weighted by Gasteiger charge is -2.09. The summed E-state index contributed by atoms with van der Waals surface area (Å²) in [5.41, 5.74) is 1.14. The molecule has 0 amide bonds. The summed E-state index contributed by atoms with van der Waals surface area (Å²) in [5.74, 6) is -0.732. The lowest BCUT2D eigenvalue weighted by Crippen LogP contribution is -2.01. The molecular formula is C10H12O4. The molecule has 0 heterocycles. The summed E-state index contributed by atoms with van der Waals surface area (Å²) in [4.78, 5) is 10.5. The van der Waals surface area contributed by atoms with E-state index >= 15 is 0 Å². The lowest BCUT2D eigenvalue weighted by molar-refractivity contribution is -0.136. The predicted octanol–water partition coefficient (Wildman–Crippen LogP) is 1.34. The third kappa shape index (κ3) is 1.96. The maximum absolute atomic E-state index is 10.5. The number of hydrogen-bond donors (Lipinski definition) is 2. The topological polar surface area (TPSA) is 66.8 Å². The average Bonchev–Trinajstić information content (AvgIpc) is 2.10. The highest BCUT2D eigenvalue weighted by molar-refractivity contribution is 5.72. The van der Waals surface area contributed by atoms with Crippen LogP contribution in [0, 0.1) is 6.92 Å². The van der Waals surface area contributed by atoms with Gasteiger partial charge in [-0.2, -0.15) is 0 Å². The number of methoxy groups -OCH3 is 1. The summed E-state index contributed by atoms with van der Waals surface area (Å²) >= 11 is 0. The van der Waals surface area contributed by atoms with Gasteiger partial charge in [-0.1, -0.05) is 12.1 Å². The smallest absolute Gasteiger partial charge is 0.307 e. The molecule has 1 aromatic carbocycles. The molecule has 0 aliphatic heterocycles. The van der Waals surface area contributed by atoms with Crippen LogP contribution in [0.5, 0.6) is 11.5 Å². The minimum Gasteiger partial charge on any atom is -0.504 e. The first-order valence-electron chi connectivity index (χ1n) is 4.13. The molecule has 0 aromatic heterocycles. The van der Waals surface area contributed by atoms with Gasteiger partial charge in [-0.05, 0) is 12.5 Å². The Bertz CT molecular complexity index is 357. The molecule has 14 heavy (non-hydrogen) atoms. The molecule has 0 saturated carbocycles. The quantitative estimate of drug-likeness (QED) is 0.765. The second kappa shape index (κ2) is 4.00. The maximum Gasteiger partial charge on any atom is 0.307 e. The zero-order chi connectivity index (χ0) is 10.7. The third-order valence-corrected chi connectivity index (χ3v) is 1.96. The van der Waals surface area contributed by atoms with Crippen LogP contribution in [-0.2, 0) is 11.2 Å². The molecule has 2 N–H and O–H groups in total. The molecule has 0 aliphatic rings. The summed E-state index contributed by atoms with van der Waals surface area (Å²) in [6.45, 7) is 1.78. The van der Waals surface area contributed by atoms with Crippen molar-refractivity contribution in [2.45, 2.75) is 13.3 Å². The van der Waals surface area contributed by atoms with E-state index in [1.54, 1.807) is 19.1 Å². The summed E-state index contributed by atoms with van der Waals surface area (Å²) in [6.07, 6.45) is -0.206. The van der Waals surface area contributed by atoms with Crippen molar-refractivity contribution in [2.24, 2.45) is 0 Å². The van der Waals surface area contributed by atoms with E-state index in [1.807, 2.05) is 0 Å². The lowest BCUT2D eigenvalue weighted by atomic mass is 10.1. The van der Waals surface area contributed by atoms with Crippen LogP contribution in [0.4, 0.5) is 0 Å². The van der Waals surface area contributed by atoms with Gasteiger partial charge >= 0.3 is 5.97 Å². The summed E-state index contributed by atoms with van der Waals surface area (Å²) in [7, 11) is 1.44. The molecule has 0 fully saturated rings. The number of benzene rings is 1. The van der Waals surface area contributed by atoms with E-state index in [2.05, 4.69) is 0 Å². The Morgan fingerprint density at radius 2 is 2.14 bits per heavy atom. The van der Waals surface area contributed by atoms with E-state index in [0.717, 1.165) is 5.56 Å². The zero-order valence-corrected chi connectivity index (χ0v) is 8.07. The standard InChI is InChI=1S/C10H12O4/c1-6-3-4-7(5-8(11)12)9(13)10(6)14-2/h3-4,13H,5H2,1-2H3,(H,11,12). The summed E-state index contributed by atoms with van der Waals surface area (Å²) < 4.78 is 4.96. The van der Waals surface area contributed by atoms with Crippen molar-refractivity contribution in [1.82, 2.24) is 0 Å². The van der Waals surface area contributed by atoms with Gasteiger partial charge in [-0.25, -0.2) is 0 Å². The highest BCUT2D eigenvalue weighted by Gasteiger charge is 2.12. The van der Waals surface area contributed by atoms with E-state index in [1.165, 1.54) is 7.11 Å². The van der Waals surface area contributed by atoms with Gasteiger partial charge in [0.15, 0.2) is 11.5 Å². The molecule has 1 aromatic rings. The summed E-state index contributed by atoms with van der Waals surface area (Å²) in [6, 6.07) is 3.30. The van der Waals surface area contributed by atoms with Crippen LogP contribution >= 0.6 is 0 Å². The molecule has 4 heteroatoms. The molecule has 0 saturated heterocycles. The van der Waals surface area contributed by atoms with Crippen LogP contribution < -0.4 is 4.74 Å². The van der Waals surface area contributed by atoms with Gasteiger partial charge in [0.2, 0.25) is 0 Å². The van der Waals surface area contributed by atoms with Crippen LogP contribution in [-0.4, -0.2) is 23.3 Å². The van der Waals surface area contributed by atoms with Crippen LogP contribution in [0.25, 0.3) is 0 Å². The fraction of sp³-hybridized carbons (Fsp3) is 0.300. The van der Waals surface area contributed by atoms with Crippen molar-refractivity contribution in [3.8, 4) is 11.5 Å². The molecule has 1 rings (SSSR count). The Morgan fingerprint density at radius 3 is 2.64 bits per heavy atom. The molecule has 0 atom stereocenters. The largest absolute Gasteiger partial charge is 0.504 e. The van der Waals surface area contributed by atoms with Crippen LogP contribution in [0.1, 0.15) is 11.1 Å². The van der Waals surface area contributed by atoms with Gasteiger partial charge in [-0.15, -0.1) is 0 Å². The number of phenols is 1. The number of ether oxygens (including phenoxy) is 1. The first-order valence-corrected chi connectivity index (χ1v) is 4.13. The van der Waals surface area contributed by atoms with E-state index < -0.39 is 5.97 Å². The van der Waals surface area contributed by atoms with Gasteiger partial charge in [0.25, 0.3) is 0 Å². The third-order valence-electron chi connectivity index (χ3n) is 1.96. The Morgan fingerprint density at radius 1 is 1.50 bits per heavy atom. The second-order valence-electron chi connectivity index (χ2n) is 2.99. The monoisotopic (exact) mass is 196 g/mol. The van der Waals surface area contributed by atoms with E-state index in [0.29, 0.717) is 11.3 Å². The molecular weight excluding hydrogens is 184 g/mol. The van der Waals surface area contributed by atoms with Gasteiger partial charge in [0.05, 0.1) is 13.5 Å². The maximum atomic E-state index is 10.5. The Labute approximate surface area is 81.8 Å². The number of phenolic OH excluding ortho intramolecular Hbond substituents is 1. The molecule has 0 aliphatic carbocycles. The van der Waals surface area contributed by atoms with Gasteiger partial charge in [0.1, 0.15) is 0 Å². The van der Waals surface area contributed by atoms with Crippen molar-refractivity contribution < 1.29 is 19.7 Å². The summed E-state index contributed by atoms with van der Waals surface area (Å²) in [5, 5.41) is 18.2. The highest BCUT2D eigenvalue weighted by atomic mass is 16.5. The van der Waals surface area contributed by atoms with Crippen LogP contribution in [0.2, 0.25) is 0 Å². The Hall–Kier alpha value is -1.71. The Balaban J connectivity index is 3.14. The first-order chi connectivity index (χ1) is 6.56. The van der Waals surface area contributed by atoms with E-state index in [9.17, 15) is 9.90 Å². The predicted molar refractivity (Wildman–Crippen MR) is 50.7 cm³/mol. The van der Waals surface area contributed by atoms with Gasteiger partial charge < -0.3 is 14.9 Å². The van der Waals surface area contributed by atoms with E-state index in [4.69, 9.17) is 9.84 Å². The van der Waals surface area contributed by atoms with Crippen molar-refractivity contribution in [3.63, 3.8) is 0 Å². The SMILES string of the molecule is COc1c(C)ccc(CC(=O)O)c1O. The molecule has 0 bridgehead atoms. The zero-order valence-electron chi connectivity index (χ0n) is 8.07. The minimum absolute atomic E-state index is 0.0881. The number of hydrogen-bond acceptors (Lipinski definition) is 3. The fourth-order valence-electron chi connectivity index (χ4n) is 1.28. The minimum atomic E-state index is -0.980. The molecule has 0 unspecified atom stereocenters. The number of carboxylic acid groups (broad SMARTS) is 1. The van der Waals surface area contributed by atoms with Gasteiger partial charge in [0, 0.05) is 5.56 Å².